The summed E-state index contributed by atoms with van der Waals surface area (Å²) in [6.07, 6.45) is 17.7. The molecule has 0 aliphatic carbocycles. The van der Waals surface area contributed by atoms with Gasteiger partial charge in [-0.2, -0.15) is 0 Å². The average molecular weight is 708 g/mol. The molecule has 0 unspecified atom stereocenters. The topological polar surface area (TPSA) is 73.8 Å². The first kappa shape index (κ1) is 35.3. The van der Waals surface area contributed by atoms with Crippen LogP contribution in [-0.4, -0.2) is 31.3 Å². The number of halogens is 2. The maximum Gasteiger partial charge on any atom is 0.407 e. The number of hydrogen-bond donors (Lipinski definition) is 1. The maximum absolute atomic E-state index is 11.9. The van der Waals surface area contributed by atoms with E-state index in [1.54, 1.807) is 0 Å². The molecule has 1 aromatic carbocycles. The molecule has 4 rings (SSSR count). The third-order valence-corrected chi connectivity index (χ3v) is 7.59. The van der Waals surface area contributed by atoms with Gasteiger partial charge in [0, 0.05) is 45.8 Å². The highest BCUT2D eigenvalue weighted by Crippen LogP contribution is 2.05. The number of aromatic nitrogens is 6. The minimum Gasteiger partial charge on any atom is -1.00 e. The van der Waals surface area contributed by atoms with Crippen LogP contribution in [0.1, 0.15) is 55.1 Å². The summed E-state index contributed by atoms with van der Waals surface area (Å²) in [5.41, 5.74) is 0.987. The van der Waals surface area contributed by atoms with Crippen molar-refractivity contribution in [2.45, 2.75) is 92.2 Å². The fraction of sp³-hybridized carbons (Fsp3) is 0.484. The number of ether oxygens (including phenoxy) is 1. The van der Waals surface area contributed by atoms with Gasteiger partial charge in [0.05, 0.1) is 26.2 Å². The second-order valence-corrected chi connectivity index (χ2v) is 10.4. The molecule has 3 heterocycles. The molecular formula is C31H45Br2N7O2. The van der Waals surface area contributed by atoms with Crippen LogP contribution in [-0.2, 0) is 44.1 Å². The summed E-state index contributed by atoms with van der Waals surface area (Å²) in [5, 5.41) is 2.85. The van der Waals surface area contributed by atoms with Gasteiger partial charge in [-0.1, -0.05) is 30.3 Å². The SMILES string of the molecule is Cc1nccn1CCCC[n+]1ccn(CCCCn2cc[n+](CCCNC(=O)OCc3ccccc3)c2C)c1C.[Br-].[Br-]. The third kappa shape index (κ3) is 10.7. The van der Waals surface area contributed by atoms with Gasteiger partial charge in [0.25, 0.3) is 11.6 Å². The largest absolute Gasteiger partial charge is 1.00 e. The molecule has 1 N–H and O–H groups in total. The number of amides is 1. The van der Waals surface area contributed by atoms with Crippen LogP contribution < -0.4 is 48.4 Å². The second kappa shape index (κ2) is 18.6. The zero-order valence-corrected chi connectivity index (χ0v) is 28.3. The number of hydrogen-bond acceptors (Lipinski definition) is 3. The van der Waals surface area contributed by atoms with E-state index in [0.29, 0.717) is 13.2 Å². The molecule has 11 heteroatoms. The molecule has 4 aromatic rings. The van der Waals surface area contributed by atoms with Crippen LogP contribution in [0.3, 0.4) is 0 Å². The van der Waals surface area contributed by atoms with Gasteiger partial charge in [-0.05, 0) is 38.2 Å². The van der Waals surface area contributed by atoms with E-state index in [0.717, 1.165) is 76.2 Å². The van der Waals surface area contributed by atoms with Crippen LogP contribution in [0.25, 0.3) is 0 Å². The number of benzene rings is 1. The van der Waals surface area contributed by atoms with Gasteiger partial charge in [0.1, 0.15) is 37.2 Å². The van der Waals surface area contributed by atoms with Gasteiger partial charge in [-0.3, -0.25) is 0 Å². The normalized spacial score (nSPS) is 10.6. The number of rotatable bonds is 16. The van der Waals surface area contributed by atoms with Crippen LogP contribution in [0, 0.1) is 20.8 Å². The number of carbonyl (C=O) groups excluding carboxylic acids is 1. The summed E-state index contributed by atoms with van der Waals surface area (Å²) in [4.78, 5) is 16.2. The van der Waals surface area contributed by atoms with Gasteiger partial charge < -0.3 is 48.6 Å². The molecule has 0 saturated carbocycles. The first-order chi connectivity index (χ1) is 19.5. The second-order valence-electron chi connectivity index (χ2n) is 10.4. The Kier molecular flexibility index (Phi) is 15.6. The van der Waals surface area contributed by atoms with E-state index in [1.807, 2.05) is 36.5 Å². The average Bonchev–Trinajstić information content (AvgIpc) is 3.65. The summed E-state index contributed by atoms with van der Waals surface area (Å²) >= 11 is 0. The van der Waals surface area contributed by atoms with Gasteiger partial charge in [0.2, 0.25) is 0 Å². The van der Waals surface area contributed by atoms with E-state index >= 15 is 0 Å². The summed E-state index contributed by atoms with van der Waals surface area (Å²) < 4.78 is 16.8. The Hall–Kier alpha value is -2.92. The number of imidazole rings is 3. The Balaban J connectivity index is 0.00000308. The molecule has 0 atom stereocenters. The van der Waals surface area contributed by atoms with Crippen LogP contribution >= 0.6 is 0 Å². The summed E-state index contributed by atoms with van der Waals surface area (Å²) in [7, 11) is 0. The highest BCUT2D eigenvalue weighted by atomic mass is 79.9. The zero-order valence-electron chi connectivity index (χ0n) is 25.1. The Morgan fingerprint density at radius 2 is 1.36 bits per heavy atom. The van der Waals surface area contributed by atoms with E-state index in [2.05, 4.69) is 84.9 Å². The van der Waals surface area contributed by atoms with Crippen molar-refractivity contribution in [3.05, 3.63) is 90.5 Å². The van der Waals surface area contributed by atoms with Crippen molar-refractivity contribution < 1.29 is 52.6 Å². The molecule has 0 aliphatic rings. The third-order valence-electron chi connectivity index (χ3n) is 7.59. The van der Waals surface area contributed by atoms with Gasteiger partial charge in [-0.15, -0.1) is 0 Å². The van der Waals surface area contributed by atoms with Crippen LogP contribution in [0.4, 0.5) is 4.79 Å². The van der Waals surface area contributed by atoms with E-state index in [-0.39, 0.29) is 40.1 Å². The van der Waals surface area contributed by atoms with E-state index in [9.17, 15) is 4.79 Å². The standard InChI is InChI=1S/C31H44N7O2.2BrH/c1-27-32-15-21-34(27)16-7-8-17-35-22-23-36(28(35)2)18-9-10-19-37-24-25-38(29(37)3)20-11-14-33-31(39)40-26-30-12-5-4-6-13-30;;/h4-6,12-13,15,21-25H,7-11,14,16-20,26H2,1-3H3;2*1H/q+1;;/p-1. The van der Waals surface area contributed by atoms with Crippen molar-refractivity contribution in [1.29, 1.82) is 0 Å². The molecule has 0 spiro atoms. The number of aryl methyl sites for hydroxylation is 6. The number of carbonyl (C=O) groups is 1. The molecule has 0 saturated heterocycles. The molecule has 3 aromatic heterocycles. The van der Waals surface area contributed by atoms with Crippen molar-refractivity contribution in [3.8, 4) is 0 Å². The number of nitrogens with one attached hydrogen (secondary N) is 1. The van der Waals surface area contributed by atoms with E-state index in [4.69, 9.17) is 4.74 Å². The first-order valence-corrected chi connectivity index (χ1v) is 14.5. The molecule has 230 valence electrons. The lowest BCUT2D eigenvalue weighted by molar-refractivity contribution is -0.703. The monoisotopic (exact) mass is 705 g/mol. The molecular weight excluding hydrogens is 662 g/mol. The van der Waals surface area contributed by atoms with Crippen LogP contribution in [0.15, 0.2) is 67.5 Å². The highest BCUT2D eigenvalue weighted by Gasteiger charge is 2.14. The van der Waals surface area contributed by atoms with E-state index in [1.165, 1.54) is 11.6 Å². The zero-order chi connectivity index (χ0) is 28.2. The molecule has 42 heavy (non-hydrogen) atoms. The van der Waals surface area contributed by atoms with Crippen molar-refractivity contribution in [2.75, 3.05) is 6.54 Å². The Bertz CT molecular complexity index is 1330. The smallest absolute Gasteiger partial charge is 0.407 e. The van der Waals surface area contributed by atoms with Crippen molar-refractivity contribution in [1.82, 2.24) is 24.0 Å². The Morgan fingerprint density at radius 1 is 0.786 bits per heavy atom. The minimum atomic E-state index is -0.368. The van der Waals surface area contributed by atoms with Crippen molar-refractivity contribution in [2.24, 2.45) is 0 Å². The molecule has 9 nitrogen and oxygen atoms in total. The molecule has 0 radical (unpaired) electrons. The maximum atomic E-state index is 11.9. The van der Waals surface area contributed by atoms with Crippen LogP contribution in [0.5, 0.6) is 0 Å². The van der Waals surface area contributed by atoms with Crippen molar-refractivity contribution >= 4 is 6.09 Å². The molecule has 0 bridgehead atoms. The lowest BCUT2D eigenvalue weighted by Gasteiger charge is -2.07. The number of unbranched alkanes of at least 4 members (excludes halogenated alkanes) is 2. The highest BCUT2D eigenvalue weighted by molar-refractivity contribution is 5.67. The Labute approximate surface area is 271 Å². The summed E-state index contributed by atoms with van der Waals surface area (Å²) in [6.45, 7) is 12.3. The summed E-state index contributed by atoms with van der Waals surface area (Å²) in [6, 6.07) is 9.72. The number of alkyl carbamates (subject to hydrolysis) is 1. The predicted molar refractivity (Wildman–Crippen MR) is 153 cm³/mol. The fourth-order valence-electron chi connectivity index (χ4n) is 5.01. The first-order valence-electron chi connectivity index (χ1n) is 14.5. The minimum absolute atomic E-state index is 0. The molecule has 0 aliphatic heterocycles. The quantitative estimate of drug-likeness (QED) is 0.111. The van der Waals surface area contributed by atoms with Gasteiger partial charge in [-0.25, -0.2) is 28.0 Å². The number of nitrogens with zero attached hydrogens (tertiary/aromatic N) is 6. The van der Waals surface area contributed by atoms with Crippen molar-refractivity contribution in [3.63, 3.8) is 0 Å². The summed E-state index contributed by atoms with van der Waals surface area (Å²) in [5.74, 6) is 3.66. The lowest BCUT2D eigenvalue weighted by atomic mass is 10.2. The fourth-order valence-corrected chi connectivity index (χ4v) is 5.01. The van der Waals surface area contributed by atoms with E-state index < -0.39 is 0 Å². The van der Waals surface area contributed by atoms with Gasteiger partial charge in [0.15, 0.2) is 0 Å². The lowest BCUT2D eigenvalue weighted by Crippen LogP contribution is -3.00. The molecule has 1 amide bonds. The Morgan fingerprint density at radius 3 is 1.95 bits per heavy atom. The van der Waals surface area contributed by atoms with Crippen LogP contribution in [0.2, 0.25) is 0 Å². The molecule has 0 fully saturated rings. The predicted octanol–water partition coefficient (Wildman–Crippen LogP) is -1.73. The van der Waals surface area contributed by atoms with Gasteiger partial charge >= 0.3 is 6.09 Å².